The number of piperazine rings is 1. The van der Waals surface area contributed by atoms with Crippen molar-refractivity contribution in [3.8, 4) is 0 Å². The number of ether oxygens (including phenoxy) is 1. The summed E-state index contributed by atoms with van der Waals surface area (Å²) in [5.74, 6) is -0.793. The van der Waals surface area contributed by atoms with Crippen molar-refractivity contribution >= 4 is 46.7 Å². The van der Waals surface area contributed by atoms with Crippen molar-refractivity contribution in [2.75, 3.05) is 19.7 Å². The first-order valence-corrected chi connectivity index (χ1v) is 9.87. The van der Waals surface area contributed by atoms with Gasteiger partial charge in [-0.2, -0.15) is 0 Å². The number of carbonyl (C=O) groups is 3. The Kier molecular flexibility index (Phi) is 8.19. The lowest BCUT2D eigenvalue weighted by atomic mass is 10.1. The van der Waals surface area contributed by atoms with E-state index in [1.807, 2.05) is 13.8 Å². The molecule has 28 heavy (non-hydrogen) atoms. The van der Waals surface area contributed by atoms with Gasteiger partial charge in [-0.3, -0.25) is 19.7 Å². The number of nitrogens with zero attached hydrogens (tertiary/aromatic N) is 1. The number of benzene rings is 1. The fourth-order valence-electron chi connectivity index (χ4n) is 2.63. The summed E-state index contributed by atoms with van der Waals surface area (Å²) in [5, 5.41) is 5.93. The molecule has 0 bridgehead atoms. The number of hydrogen-bond acceptors (Lipinski definition) is 5. The van der Waals surface area contributed by atoms with Gasteiger partial charge in [-0.05, 0) is 48.8 Å². The zero-order valence-electron chi connectivity index (χ0n) is 15.9. The van der Waals surface area contributed by atoms with E-state index in [1.54, 1.807) is 29.2 Å². The molecule has 2 amide bonds. The van der Waals surface area contributed by atoms with E-state index < -0.39 is 17.9 Å². The highest BCUT2D eigenvalue weighted by Crippen LogP contribution is 2.13. The highest BCUT2D eigenvalue weighted by molar-refractivity contribution is 7.80. The van der Waals surface area contributed by atoms with E-state index in [0.717, 1.165) is 6.42 Å². The number of halogens is 1. The molecule has 2 rings (SSSR count). The summed E-state index contributed by atoms with van der Waals surface area (Å²) in [6.07, 6.45) is 0.614. The van der Waals surface area contributed by atoms with Crippen LogP contribution in [0.25, 0.3) is 0 Å². The van der Waals surface area contributed by atoms with Gasteiger partial charge in [-0.25, -0.2) is 0 Å². The number of carbonyl (C=O) groups excluding carboxylic acids is 3. The standard InChI is InChI=1S/C19H24ClN3O4S/c1-12(2)7-10-27-16(24)11-15-18(26)21-8-9-23(15)19(28)22-17(25)13-3-5-14(20)6-4-13/h3-6,12,15H,7-11H2,1-2H3,(H,21,26)(H,22,25,28). The molecule has 1 heterocycles. The van der Waals surface area contributed by atoms with Crippen LogP contribution in [0.2, 0.25) is 5.02 Å². The summed E-state index contributed by atoms with van der Waals surface area (Å²) in [7, 11) is 0. The minimum Gasteiger partial charge on any atom is -0.466 e. The van der Waals surface area contributed by atoms with Gasteiger partial charge < -0.3 is 15.0 Å². The molecule has 9 heteroatoms. The second-order valence-corrected chi connectivity index (χ2v) is 7.70. The first kappa shape index (κ1) is 22.1. The molecule has 1 aliphatic rings. The third kappa shape index (κ3) is 6.45. The van der Waals surface area contributed by atoms with Crippen LogP contribution < -0.4 is 10.6 Å². The first-order valence-electron chi connectivity index (χ1n) is 9.08. The van der Waals surface area contributed by atoms with E-state index >= 15 is 0 Å². The summed E-state index contributed by atoms with van der Waals surface area (Å²) in [6, 6.07) is 5.53. The highest BCUT2D eigenvalue weighted by Gasteiger charge is 2.34. The molecule has 2 N–H and O–H groups in total. The Labute approximate surface area is 174 Å². The molecule has 7 nitrogen and oxygen atoms in total. The molecule has 1 aliphatic heterocycles. The quantitative estimate of drug-likeness (QED) is 0.536. The maximum atomic E-state index is 12.4. The summed E-state index contributed by atoms with van der Waals surface area (Å²) >= 11 is 11.1. The molecule has 152 valence electrons. The van der Waals surface area contributed by atoms with Crippen LogP contribution in [0.15, 0.2) is 24.3 Å². The van der Waals surface area contributed by atoms with Crippen molar-refractivity contribution in [2.24, 2.45) is 5.92 Å². The molecular weight excluding hydrogens is 402 g/mol. The average molecular weight is 426 g/mol. The lowest BCUT2D eigenvalue weighted by molar-refractivity contribution is -0.147. The molecule has 0 aliphatic carbocycles. The van der Waals surface area contributed by atoms with Crippen LogP contribution >= 0.6 is 23.8 Å². The van der Waals surface area contributed by atoms with Crippen LogP contribution in [0.5, 0.6) is 0 Å². The van der Waals surface area contributed by atoms with E-state index in [-0.39, 0.29) is 17.4 Å². The van der Waals surface area contributed by atoms with Crippen molar-refractivity contribution < 1.29 is 19.1 Å². The van der Waals surface area contributed by atoms with Crippen molar-refractivity contribution in [1.82, 2.24) is 15.5 Å². The zero-order chi connectivity index (χ0) is 20.7. The first-order chi connectivity index (χ1) is 13.3. The maximum absolute atomic E-state index is 12.4. The Bertz CT molecular complexity index is 739. The smallest absolute Gasteiger partial charge is 0.308 e. The van der Waals surface area contributed by atoms with Gasteiger partial charge in [-0.15, -0.1) is 0 Å². The van der Waals surface area contributed by atoms with Gasteiger partial charge in [0.15, 0.2) is 5.11 Å². The number of amides is 2. The van der Waals surface area contributed by atoms with Crippen LogP contribution in [-0.4, -0.2) is 53.5 Å². The summed E-state index contributed by atoms with van der Waals surface area (Å²) < 4.78 is 5.20. The Morgan fingerprint density at radius 1 is 1.36 bits per heavy atom. The monoisotopic (exact) mass is 425 g/mol. The molecule has 0 spiro atoms. The Balaban J connectivity index is 1.98. The third-order valence-corrected chi connectivity index (χ3v) is 4.83. The van der Waals surface area contributed by atoms with Gasteiger partial charge in [-0.1, -0.05) is 25.4 Å². The maximum Gasteiger partial charge on any atom is 0.308 e. The van der Waals surface area contributed by atoms with Gasteiger partial charge in [0.05, 0.1) is 13.0 Å². The summed E-state index contributed by atoms with van der Waals surface area (Å²) in [4.78, 5) is 38.3. The van der Waals surface area contributed by atoms with E-state index in [2.05, 4.69) is 10.6 Å². The topological polar surface area (TPSA) is 87.7 Å². The van der Waals surface area contributed by atoms with Crippen molar-refractivity contribution in [3.05, 3.63) is 34.9 Å². The molecule has 1 unspecified atom stereocenters. The minimum absolute atomic E-state index is 0.0924. The Morgan fingerprint density at radius 3 is 2.68 bits per heavy atom. The van der Waals surface area contributed by atoms with Crippen molar-refractivity contribution in [3.63, 3.8) is 0 Å². The second kappa shape index (κ2) is 10.4. The van der Waals surface area contributed by atoms with Crippen LogP contribution in [0.3, 0.4) is 0 Å². The second-order valence-electron chi connectivity index (χ2n) is 6.87. The van der Waals surface area contributed by atoms with Gasteiger partial charge >= 0.3 is 5.97 Å². The molecule has 1 atom stereocenters. The minimum atomic E-state index is -0.821. The van der Waals surface area contributed by atoms with Crippen LogP contribution in [0.4, 0.5) is 0 Å². The average Bonchev–Trinajstić information content (AvgIpc) is 2.63. The predicted octanol–water partition coefficient (Wildman–Crippen LogP) is 2.13. The third-order valence-electron chi connectivity index (χ3n) is 4.24. The largest absolute Gasteiger partial charge is 0.466 e. The highest BCUT2D eigenvalue weighted by atomic mass is 35.5. The molecule has 1 aromatic carbocycles. The fourth-order valence-corrected chi connectivity index (χ4v) is 3.07. The number of esters is 1. The number of thiocarbonyl (C=S) groups is 1. The summed E-state index contributed by atoms with van der Waals surface area (Å²) in [5.41, 5.74) is 0.387. The summed E-state index contributed by atoms with van der Waals surface area (Å²) in [6.45, 7) is 5.13. The molecule has 1 fully saturated rings. The fraction of sp³-hybridized carbons (Fsp3) is 0.474. The van der Waals surface area contributed by atoms with Crippen molar-refractivity contribution in [1.29, 1.82) is 0 Å². The van der Waals surface area contributed by atoms with E-state index in [4.69, 9.17) is 28.6 Å². The molecular formula is C19H24ClN3O4S. The van der Waals surface area contributed by atoms with Crippen LogP contribution in [0, 0.1) is 5.92 Å². The van der Waals surface area contributed by atoms with Gasteiger partial charge in [0.25, 0.3) is 5.91 Å². The van der Waals surface area contributed by atoms with Gasteiger partial charge in [0, 0.05) is 23.7 Å². The SMILES string of the molecule is CC(C)CCOC(=O)CC1C(=O)NCCN1C(=S)NC(=O)c1ccc(Cl)cc1. The van der Waals surface area contributed by atoms with Gasteiger partial charge in [0.1, 0.15) is 6.04 Å². The molecule has 0 aromatic heterocycles. The number of nitrogens with one attached hydrogen (secondary N) is 2. The predicted molar refractivity (Wildman–Crippen MR) is 110 cm³/mol. The number of rotatable bonds is 6. The van der Waals surface area contributed by atoms with E-state index in [1.165, 1.54) is 0 Å². The lowest BCUT2D eigenvalue weighted by Gasteiger charge is -2.36. The van der Waals surface area contributed by atoms with Crippen LogP contribution in [-0.2, 0) is 14.3 Å². The Morgan fingerprint density at radius 2 is 2.04 bits per heavy atom. The molecule has 0 saturated carbocycles. The van der Waals surface area contributed by atoms with Crippen molar-refractivity contribution in [2.45, 2.75) is 32.7 Å². The molecule has 1 saturated heterocycles. The van der Waals surface area contributed by atoms with Gasteiger partial charge in [0.2, 0.25) is 5.91 Å². The Hall–Kier alpha value is -2.19. The lowest BCUT2D eigenvalue weighted by Crippen LogP contribution is -2.60. The van der Waals surface area contributed by atoms with E-state index in [0.29, 0.717) is 36.2 Å². The van der Waals surface area contributed by atoms with E-state index in [9.17, 15) is 14.4 Å². The normalized spacial score (nSPS) is 16.5. The van der Waals surface area contributed by atoms with Crippen LogP contribution in [0.1, 0.15) is 37.0 Å². The number of hydrogen-bond donors (Lipinski definition) is 2. The molecule has 1 aromatic rings. The zero-order valence-corrected chi connectivity index (χ0v) is 17.4. The molecule has 0 radical (unpaired) electrons.